The molecule has 0 saturated carbocycles. The maximum absolute atomic E-state index is 11.0. The van der Waals surface area contributed by atoms with Gasteiger partial charge in [0.1, 0.15) is 6.04 Å². The summed E-state index contributed by atoms with van der Waals surface area (Å²) >= 11 is 0. The van der Waals surface area contributed by atoms with Crippen molar-refractivity contribution in [3.05, 3.63) is 0 Å². The summed E-state index contributed by atoms with van der Waals surface area (Å²) in [4.78, 5) is 15.1. The Morgan fingerprint density at radius 2 is 2.50 bits per heavy atom. The molecule has 0 spiro atoms. The highest BCUT2D eigenvalue weighted by molar-refractivity contribution is 5.85. The average molecular weight is 140 g/mol. The van der Waals surface area contributed by atoms with E-state index in [0.29, 0.717) is 5.92 Å². The molecule has 0 aromatic heterocycles. The minimum Gasteiger partial charge on any atom is -0.357 e. The normalized spacial score (nSPS) is 30.6. The molecule has 3 nitrogen and oxygen atoms in total. The fourth-order valence-corrected chi connectivity index (χ4v) is 1.09. The second-order valence-electron chi connectivity index (χ2n) is 2.60. The quantitative estimate of drug-likeness (QED) is 0.556. The van der Waals surface area contributed by atoms with Gasteiger partial charge in [-0.2, -0.15) is 0 Å². The Balaban J connectivity index is 2.55. The molecule has 0 bridgehead atoms. The standard InChI is InChI=1S/C7H12N2O/c1-5-3-4-9-6(5)7(10)8-2/h4-6H,3H2,1-2H3,(H,8,10). The maximum Gasteiger partial charge on any atom is 0.244 e. The van der Waals surface area contributed by atoms with Crippen molar-refractivity contribution < 1.29 is 4.79 Å². The molecule has 0 aromatic carbocycles. The third-order valence-corrected chi connectivity index (χ3v) is 1.80. The van der Waals surface area contributed by atoms with Gasteiger partial charge in [0.2, 0.25) is 5.91 Å². The Hall–Kier alpha value is -0.860. The van der Waals surface area contributed by atoms with E-state index in [2.05, 4.69) is 10.3 Å². The highest BCUT2D eigenvalue weighted by Crippen LogP contribution is 2.16. The Kier molecular flexibility index (Phi) is 2.04. The van der Waals surface area contributed by atoms with E-state index in [1.807, 2.05) is 13.1 Å². The van der Waals surface area contributed by atoms with Gasteiger partial charge in [0.05, 0.1) is 0 Å². The van der Waals surface area contributed by atoms with E-state index < -0.39 is 0 Å². The third kappa shape index (κ3) is 1.17. The van der Waals surface area contributed by atoms with Gasteiger partial charge in [-0.1, -0.05) is 6.92 Å². The molecule has 1 aliphatic heterocycles. The molecule has 10 heavy (non-hydrogen) atoms. The van der Waals surface area contributed by atoms with E-state index in [0.717, 1.165) is 6.42 Å². The minimum absolute atomic E-state index is 0.0289. The topological polar surface area (TPSA) is 41.5 Å². The number of hydrogen-bond acceptors (Lipinski definition) is 2. The molecule has 0 saturated heterocycles. The van der Waals surface area contributed by atoms with Crippen LogP contribution in [0.5, 0.6) is 0 Å². The monoisotopic (exact) mass is 140 g/mol. The van der Waals surface area contributed by atoms with Crippen LogP contribution < -0.4 is 5.32 Å². The molecule has 1 heterocycles. The number of rotatable bonds is 1. The van der Waals surface area contributed by atoms with E-state index in [-0.39, 0.29) is 11.9 Å². The Morgan fingerprint density at radius 1 is 1.80 bits per heavy atom. The van der Waals surface area contributed by atoms with E-state index in [1.54, 1.807) is 7.05 Å². The smallest absolute Gasteiger partial charge is 0.244 e. The third-order valence-electron chi connectivity index (χ3n) is 1.80. The van der Waals surface area contributed by atoms with Crippen molar-refractivity contribution in [3.8, 4) is 0 Å². The van der Waals surface area contributed by atoms with Crippen molar-refractivity contribution in [2.45, 2.75) is 19.4 Å². The molecule has 1 N–H and O–H groups in total. The largest absolute Gasteiger partial charge is 0.357 e. The maximum atomic E-state index is 11.0. The van der Waals surface area contributed by atoms with Gasteiger partial charge in [0, 0.05) is 13.3 Å². The van der Waals surface area contributed by atoms with Crippen LogP contribution in [0.15, 0.2) is 4.99 Å². The number of nitrogens with one attached hydrogen (secondary N) is 1. The van der Waals surface area contributed by atoms with Crippen LogP contribution in [0.4, 0.5) is 0 Å². The molecule has 0 aromatic rings. The van der Waals surface area contributed by atoms with Crippen LogP contribution in [0.25, 0.3) is 0 Å². The van der Waals surface area contributed by atoms with Crippen LogP contribution in [-0.4, -0.2) is 25.2 Å². The Morgan fingerprint density at radius 3 is 2.90 bits per heavy atom. The average Bonchev–Trinajstić information content (AvgIpc) is 2.34. The van der Waals surface area contributed by atoms with E-state index in [1.165, 1.54) is 0 Å². The number of carbonyl (C=O) groups is 1. The lowest BCUT2D eigenvalue weighted by Gasteiger charge is -2.10. The number of nitrogens with zero attached hydrogens (tertiary/aromatic N) is 1. The Labute approximate surface area is 60.5 Å². The highest BCUT2D eigenvalue weighted by atomic mass is 16.2. The van der Waals surface area contributed by atoms with Gasteiger partial charge in [-0.25, -0.2) is 0 Å². The molecule has 3 heteroatoms. The lowest BCUT2D eigenvalue weighted by Crippen LogP contribution is -2.32. The van der Waals surface area contributed by atoms with E-state index in [9.17, 15) is 4.79 Å². The Bertz CT molecular complexity index is 165. The molecule has 0 aliphatic carbocycles. The summed E-state index contributed by atoms with van der Waals surface area (Å²) in [6, 6.07) is -0.134. The van der Waals surface area contributed by atoms with Crippen molar-refractivity contribution in [2.24, 2.45) is 10.9 Å². The summed E-state index contributed by atoms with van der Waals surface area (Å²) in [6.07, 6.45) is 2.75. The fourth-order valence-electron chi connectivity index (χ4n) is 1.09. The molecule has 2 unspecified atom stereocenters. The highest BCUT2D eigenvalue weighted by Gasteiger charge is 2.25. The molecule has 56 valence electrons. The number of likely N-dealkylation sites (N-methyl/N-ethyl adjacent to an activating group) is 1. The van der Waals surface area contributed by atoms with Gasteiger partial charge in [0.25, 0.3) is 0 Å². The first kappa shape index (κ1) is 7.25. The summed E-state index contributed by atoms with van der Waals surface area (Å²) in [7, 11) is 1.64. The zero-order valence-electron chi connectivity index (χ0n) is 6.29. The molecule has 1 amide bonds. The number of amides is 1. The first-order valence-corrected chi connectivity index (χ1v) is 3.49. The predicted molar refractivity (Wildman–Crippen MR) is 40.1 cm³/mol. The number of hydrogen-bond donors (Lipinski definition) is 1. The summed E-state index contributed by atoms with van der Waals surface area (Å²) in [6.45, 7) is 2.03. The lowest BCUT2D eigenvalue weighted by molar-refractivity contribution is -0.122. The van der Waals surface area contributed by atoms with Crippen LogP contribution in [0.2, 0.25) is 0 Å². The first-order chi connectivity index (χ1) is 4.75. The fraction of sp³-hybridized carbons (Fsp3) is 0.714. The molecular formula is C7H12N2O. The van der Waals surface area contributed by atoms with Gasteiger partial charge >= 0.3 is 0 Å². The zero-order valence-corrected chi connectivity index (χ0v) is 6.29. The second-order valence-corrected chi connectivity index (χ2v) is 2.60. The van der Waals surface area contributed by atoms with Gasteiger partial charge < -0.3 is 5.32 Å². The molecule has 1 aliphatic rings. The van der Waals surface area contributed by atoms with Crippen LogP contribution in [-0.2, 0) is 4.79 Å². The van der Waals surface area contributed by atoms with Gasteiger partial charge in [-0.3, -0.25) is 9.79 Å². The molecular weight excluding hydrogens is 128 g/mol. The van der Waals surface area contributed by atoms with Gasteiger partial charge in [-0.05, 0) is 12.3 Å². The molecule has 0 fully saturated rings. The zero-order chi connectivity index (χ0) is 7.56. The van der Waals surface area contributed by atoms with Crippen LogP contribution in [0, 0.1) is 5.92 Å². The minimum atomic E-state index is -0.134. The van der Waals surface area contributed by atoms with Crippen LogP contribution in [0.1, 0.15) is 13.3 Å². The van der Waals surface area contributed by atoms with Crippen molar-refractivity contribution in [2.75, 3.05) is 7.05 Å². The van der Waals surface area contributed by atoms with E-state index in [4.69, 9.17) is 0 Å². The SMILES string of the molecule is CNC(=O)C1N=CCC1C. The predicted octanol–water partition coefficient (Wildman–Crippen LogP) is 0.212. The first-order valence-electron chi connectivity index (χ1n) is 3.49. The van der Waals surface area contributed by atoms with Gasteiger partial charge in [0.15, 0.2) is 0 Å². The summed E-state index contributed by atoms with van der Waals surface area (Å²) in [5.41, 5.74) is 0. The van der Waals surface area contributed by atoms with Crippen molar-refractivity contribution >= 4 is 12.1 Å². The summed E-state index contributed by atoms with van der Waals surface area (Å²) < 4.78 is 0. The summed E-state index contributed by atoms with van der Waals surface area (Å²) in [5, 5.41) is 2.58. The second kappa shape index (κ2) is 2.82. The van der Waals surface area contributed by atoms with E-state index >= 15 is 0 Å². The van der Waals surface area contributed by atoms with Crippen molar-refractivity contribution in [1.82, 2.24) is 5.32 Å². The molecule has 1 rings (SSSR count). The number of carbonyl (C=O) groups excluding carboxylic acids is 1. The lowest BCUT2D eigenvalue weighted by atomic mass is 10.0. The van der Waals surface area contributed by atoms with Crippen molar-refractivity contribution in [1.29, 1.82) is 0 Å². The van der Waals surface area contributed by atoms with Crippen molar-refractivity contribution in [3.63, 3.8) is 0 Å². The summed E-state index contributed by atoms with van der Waals surface area (Å²) in [5.74, 6) is 0.404. The van der Waals surface area contributed by atoms with Crippen LogP contribution in [0.3, 0.4) is 0 Å². The van der Waals surface area contributed by atoms with Gasteiger partial charge in [-0.15, -0.1) is 0 Å². The number of aliphatic imine (C=N–C) groups is 1. The molecule has 2 atom stereocenters. The molecule has 0 radical (unpaired) electrons. The van der Waals surface area contributed by atoms with Crippen LogP contribution >= 0.6 is 0 Å².